The molecule has 1 aromatic heterocycles. The van der Waals surface area contributed by atoms with Gasteiger partial charge in [-0.3, -0.25) is 14.6 Å². The van der Waals surface area contributed by atoms with Gasteiger partial charge >= 0.3 is 0 Å². The van der Waals surface area contributed by atoms with E-state index in [9.17, 15) is 18.0 Å². The summed E-state index contributed by atoms with van der Waals surface area (Å²) >= 11 is 0. The van der Waals surface area contributed by atoms with E-state index in [-0.39, 0.29) is 35.1 Å². The lowest BCUT2D eigenvalue weighted by Gasteiger charge is -2.23. The smallest absolute Gasteiger partial charge is 0.272 e. The molecule has 0 spiro atoms. The van der Waals surface area contributed by atoms with Gasteiger partial charge in [0.25, 0.3) is 11.8 Å². The van der Waals surface area contributed by atoms with Crippen LogP contribution in [0.3, 0.4) is 0 Å². The van der Waals surface area contributed by atoms with E-state index in [0.717, 1.165) is 6.42 Å². The fourth-order valence-corrected chi connectivity index (χ4v) is 4.47. The molecule has 1 saturated heterocycles. The summed E-state index contributed by atoms with van der Waals surface area (Å²) in [6.45, 7) is 4.73. The molecule has 2 heterocycles. The minimum absolute atomic E-state index is 0.0232. The second-order valence-electron chi connectivity index (χ2n) is 6.84. The molecular weight excluding hydrogens is 342 g/mol. The first-order valence-corrected chi connectivity index (χ1v) is 10.2. The Morgan fingerprint density at radius 1 is 1.40 bits per heavy atom. The van der Waals surface area contributed by atoms with Crippen molar-refractivity contribution in [1.82, 2.24) is 15.2 Å². The summed E-state index contributed by atoms with van der Waals surface area (Å²) in [5, 5.41) is 2.82. The molecule has 1 atom stereocenters. The molecule has 2 rings (SSSR count). The highest BCUT2D eigenvalue weighted by atomic mass is 32.2. The van der Waals surface area contributed by atoms with Crippen molar-refractivity contribution in [1.29, 1.82) is 0 Å². The minimum atomic E-state index is -3.07. The molecule has 0 bridgehead atoms. The molecule has 0 aliphatic carbocycles. The van der Waals surface area contributed by atoms with Gasteiger partial charge in [0.2, 0.25) is 0 Å². The molecule has 0 radical (unpaired) electrons. The van der Waals surface area contributed by atoms with Gasteiger partial charge in [-0.25, -0.2) is 8.42 Å². The lowest BCUT2D eigenvalue weighted by atomic mass is 10.1. The minimum Gasteiger partial charge on any atom is -0.352 e. The van der Waals surface area contributed by atoms with Crippen LogP contribution in [-0.4, -0.2) is 61.3 Å². The Balaban J connectivity index is 2.04. The van der Waals surface area contributed by atoms with Crippen molar-refractivity contribution >= 4 is 21.7 Å². The Morgan fingerprint density at radius 2 is 2.12 bits per heavy atom. The van der Waals surface area contributed by atoms with Crippen molar-refractivity contribution in [2.45, 2.75) is 32.7 Å². The maximum atomic E-state index is 12.6. The summed E-state index contributed by atoms with van der Waals surface area (Å²) < 4.78 is 23.2. The molecule has 1 N–H and O–H groups in total. The van der Waals surface area contributed by atoms with Crippen LogP contribution >= 0.6 is 0 Å². The van der Waals surface area contributed by atoms with E-state index >= 15 is 0 Å². The van der Waals surface area contributed by atoms with E-state index < -0.39 is 9.84 Å². The Morgan fingerprint density at radius 3 is 2.72 bits per heavy atom. The lowest BCUT2D eigenvalue weighted by molar-refractivity contribution is 0.0742. The van der Waals surface area contributed by atoms with Gasteiger partial charge in [-0.2, -0.15) is 0 Å². The van der Waals surface area contributed by atoms with Crippen LogP contribution in [0.2, 0.25) is 0 Å². The molecule has 25 heavy (non-hydrogen) atoms. The summed E-state index contributed by atoms with van der Waals surface area (Å²) in [5.41, 5.74) is 0.512. The second kappa shape index (κ2) is 7.95. The molecule has 0 saturated carbocycles. The number of rotatable bonds is 6. The van der Waals surface area contributed by atoms with E-state index in [1.165, 1.54) is 17.2 Å². The number of carbonyl (C=O) groups excluding carboxylic acids is 2. The third-order valence-electron chi connectivity index (χ3n) is 4.32. The van der Waals surface area contributed by atoms with E-state index in [0.29, 0.717) is 24.4 Å². The fraction of sp³-hybridized carbons (Fsp3) is 0.588. The van der Waals surface area contributed by atoms with Crippen LogP contribution in [0.25, 0.3) is 0 Å². The molecular formula is C17H25N3O4S. The molecule has 1 aliphatic rings. The van der Waals surface area contributed by atoms with Gasteiger partial charge < -0.3 is 10.2 Å². The summed E-state index contributed by atoms with van der Waals surface area (Å²) in [5.74, 6) is -0.0561. The summed E-state index contributed by atoms with van der Waals surface area (Å²) in [4.78, 5) is 30.2. The Hall–Kier alpha value is -1.96. The van der Waals surface area contributed by atoms with Gasteiger partial charge in [-0.05, 0) is 30.9 Å². The maximum absolute atomic E-state index is 12.6. The zero-order valence-electron chi connectivity index (χ0n) is 14.9. The molecule has 1 aromatic rings. The number of aromatic nitrogens is 1. The van der Waals surface area contributed by atoms with Crippen molar-refractivity contribution in [2.75, 3.05) is 25.1 Å². The fourth-order valence-electron chi connectivity index (χ4n) is 2.69. The van der Waals surface area contributed by atoms with Crippen LogP contribution < -0.4 is 5.32 Å². The van der Waals surface area contributed by atoms with Crippen LogP contribution in [0.4, 0.5) is 0 Å². The average Bonchev–Trinajstić information content (AvgIpc) is 2.93. The van der Waals surface area contributed by atoms with Crippen LogP contribution in [0.5, 0.6) is 0 Å². The van der Waals surface area contributed by atoms with Gasteiger partial charge in [0, 0.05) is 31.4 Å². The van der Waals surface area contributed by atoms with E-state index in [1.54, 1.807) is 13.1 Å². The van der Waals surface area contributed by atoms with Crippen LogP contribution in [0.1, 0.15) is 47.5 Å². The highest BCUT2D eigenvalue weighted by molar-refractivity contribution is 7.91. The first-order chi connectivity index (χ1) is 11.7. The van der Waals surface area contributed by atoms with Gasteiger partial charge in [-0.1, -0.05) is 13.8 Å². The van der Waals surface area contributed by atoms with Gasteiger partial charge in [0.15, 0.2) is 9.84 Å². The number of hydrogen-bond donors (Lipinski definition) is 1. The average molecular weight is 367 g/mol. The topological polar surface area (TPSA) is 96.4 Å². The summed E-state index contributed by atoms with van der Waals surface area (Å²) in [6, 6.07) is 2.66. The number of sulfone groups is 1. The third kappa shape index (κ3) is 5.26. The predicted molar refractivity (Wildman–Crippen MR) is 95.2 cm³/mol. The lowest BCUT2D eigenvalue weighted by Crippen LogP contribution is -2.38. The number of nitrogens with one attached hydrogen (secondary N) is 1. The predicted octanol–water partition coefficient (Wildman–Crippen LogP) is 1.12. The number of hydrogen-bond acceptors (Lipinski definition) is 5. The third-order valence-corrected chi connectivity index (χ3v) is 6.08. The number of nitrogens with zero attached hydrogens (tertiary/aromatic N) is 2. The number of amides is 2. The van der Waals surface area contributed by atoms with Gasteiger partial charge in [-0.15, -0.1) is 0 Å². The first-order valence-electron chi connectivity index (χ1n) is 8.41. The summed E-state index contributed by atoms with van der Waals surface area (Å²) in [7, 11) is -1.50. The second-order valence-corrected chi connectivity index (χ2v) is 9.07. The molecule has 1 unspecified atom stereocenters. The van der Waals surface area contributed by atoms with E-state index in [1.807, 2.05) is 0 Å². The van der Waals surface area contributed by atoms with Crippen molar-refractivity contribution in [2.24, 2.45) is 5.92 Å². The standard InChI is InChI=1S/C17H25N3O4S/c1-12(2)4-7-19-16(21)13-5-8-18-15(10-13)17(22)20(3)14-6-9-25(23,24)11-14/h5,8,10,12,14H,4,6-7,9,11H2,1-3H3,(H,19,21). The molecule has 0 aromatic carbocycles. The van der Waals surface area contributed by atoms with Crippen LogP contribution in [0, 0.1) is 5.92 Å². The van der Waals surface area contributed by atoms with Crippen LogP contribution in [0.15, 0.2) is 18.3 Å². The van der Waals surface area contributed by atoms with Crippen molar-refractivity contribution in [3.8, 4) is 0 Å². The Kier molecular flexibility index (Phi) is 6.16. The van der Waals surface area contributed by atoms with E-state index in [2.05, 4.69) is 24.1 Å². The molecule has 8 heteroatoms. The molecule has 7 nitrogen and oxygen atoms in total. The maximum Gasteiger partial charge on any atom is 0.272 e. The van der Waals surface area contributed by atoms with E-state index in [4.69, 9.17) is 0 Å². The molecule has 1 aliphatic heterocycles. The highest BCUT2D eigenvalue weighted by Gasteiger charge is 2.33. The SMILES string of the molecule is CC(C)CCNC(=O)c1ccnc(C(=O)N(C)C2CCS(=O)(=O)C2)c1. The zero-order chi connectivity index (χ0) is 18.6. The van der Waals surface area contributed by atoms with Gasteiger partial charge in [0.1, 0.15) is 5.69 Å². The van der Waals surface area contributed by atoms with Crippen molar-refractivity contribution < 1.29 is 18.0 Å². The Bertz CT molecular complexity index is 746. The largest absolute Gasteiger partial charge is 0.352 e. The summed E-state index contributed by atoms with van der Waals surface area (Å²) in [6.07, 6.45) is 2.73. The van der Waals surface area contributed by atoms with Crippen LogP contribution in [-0.2, 0) is 9.84 Å². The highest BCUT2D eigenvalue weighted by Crippen LogP contribution is 2.18. The normalized spacial score (nSPS) is 19.0. The van der Waals surface area contributed by atoms with Gasteiger partial charge in [0.05, 0.1) is 11.5 Å². The number of carbonyl (C=O) groups is 2. The first kappa shape index (κ1) is 19.4. The molecule has 138 valence electrons. The zero-order valence-corrected chi connectivity index (χ0v) is 15.7. The monoisotopic (exact) mass is 367 g/mol. The number of pyridine rings is 1. The van der Waals surface area contributed by atoms with Crippen molar-refractivity contribution in [3.63, 3.8) is 0 Å². The quantitative estimate of drug-likeness (QED) is 0.813. The molecule has 1 fully saturated rings. The molecule has 2 amide bonds. The Labute approximate surface area is 148 Å². The van der Waals surface area contributed by atoms with Crippen molar-refractivity contribution in [3.05, 3.63) is 29.6 Å².